The molecule has 0 spiro atoms. The van der Waals surface area contributed by atoms with Crippen LogP contribution in [0.3, 0.4) is 0 Å². The summed E-state index contributed by atoms with van der Waals surface area (Å²) in [6.45, 7) is 1.81. The van der Waals surface area contributed by atoms with Crippen LogP contribution in [0.15, 0.2) is 4.34 Å². The number of rotatable bonds is 6. The molecule has 1 aliphatic rings. The van der Waals surface area contributed by atoms with E-state index < -0.39 is 11.2 Å². The molecule has 22 heavy (non-hydrogen) atoms. The molecule has 0 aromatic carbocycles. The fourth-order valence-corrected chi connectivity index (χ4v) is 4.15. The number of thioether (sulfide) groups is 1. The molecule has 3 N–H and O–H groups in total. The summed E-state index contributed by atoms with van der Waals surface area (Å²) < 4.78 is 0.544. The fraction of sp³-hybridized carbons (Fsp3) is 0.692. The molecule has 0 bridgehead atoms. The Kier molecular flexibility index (Phi) is 6.44. The number of aromatic nitrogens is 2. The second kappa shape index (κ2) is 8.33. The molecular weight excluding hydrogens is 324 g/mol. The molecule has 1 heterocycles. The third-order valence-electron chi connectivity index (χ3n) is 3.46. The second-order valence-corrected chi connectivity index (χ2v) is 7.59. The molecule has 1 aliphatic carbocycles. The van der Waals surface area contributed by atoms with Crippen molar-refractivity contribution in [1.82, 2.24) is 15.5 Å². The van der Waals surface area contributed by atoms with Crippen molar-refractivity contribution in [3.8, 4) is 0 Å². The third-order valence-corrected chi connectivity index (χ3v) is 5.73. The van der Waals surface area contributed by atoms with E-state index in [0.29, 0.717) is 15.9 Å². The van der Waals surface area contributed by atoms with E-state index in [-0.39, 0.29) is 12.1 Å². The zero-order valence-electron chi connectivity index (χ0n) is 12.4. The Bertz CT molecular complexity index is 517. The highest BCUT2D eigenvalue weighted by molar-refractivity contribution is 8.02. The number of nitrogens with one attached hydrogen (secondary N) is 2. The molecule has 1 aromatic heterocycles. The summed E-state index contributed by atoms with van der Waals surface area (Å²) in [6, 6.07) is -0.0446. The first-order valence-corrected chi connectivity index (χ1v) is 9.08. The Balaban J connectivity index is 1.83. The van der Waals surface area contributed by atoms with E-state index in [9.17, 15) is 9.59 Å². The summed E-state index contributed by atoms with van der Waals surface area (Å²) in [4.78, 5) is 22.9. The number of hydrogen-bond donors (Lipinski definition) is 3. The summed E-state index contributed by atoms with van der Waals surface area (Å²) in [5.41, 5.74) is 0. The van der Waals surface area contributed by atoms with Crippen LogP contribution in [0.5, 0.6) is 0 Å². The molecule has 9 heteroatoms. The Hall–Kier alpha value is -1.35. The fourth-order valence-electron chi connectivity index (χ4n) is 2.30. The van der Waals surface area contributed by atoms with Crippen LogP contribution in [0.25, 0.3) is 0 Å². The van der Waals surface area contributed by atoms with Crippen molar-refractivity contribution in [2.24, 2.45) is 0 Å². The van der Waals surface area contributed by atoms with E-state index in [2.05, 4.69) is 20.8 Å². The molecule has 1 unspecified atom stereocenters. The molecule has 2 amide bonds. The van der Waals surface area contributed by atoms with Gasteiger partial charge in [-0.05, 0) is 19.3 Å². The zero-order valence-corrected chi connectivity index (χ0v) is 14.0. The van der Waals surface area contributed by atoms with E-state index in [1.807, 2.05) is 6.92 Å². The van der Waals surface area contributed by atoms with Crippen LogP contribution >= 0.6 is 23.1 Å². The number of aliphatic carboxylic acids is 1. The van der Waals surface area contributed by atoms with E-state index in [4.69, 9.17) is 5.11 Å². The third kappa shape index (κ3) is 5.13. The molecule has 1 fully saturated rings. The van der Waals surface area contributed by atoms with Crippen LogP contribution < -0.4 is 10.6 Å². The number of carbonyl (C=O) groups is 2. The Labute approximate surface area is 137 Å². The van der Waals surface area contributed by atoms with Gasteiger partial charge >= 0.3 is 12.0 Å². The van der Waals surface area contributed by atoms with Crippen molar-refractivity contribution < 1.29 is 14.7 Å². The van der Waals surface area contributed by atoms with Gasteiger partial charge in [0.15, 0.2) is 4.34 Å². The monoisotopic (exact) mass is 344 g/mol. The molecule has 1 aromatic rings. The highest BCUT2D eigenvalue weighted by Crippen LogP contribution is 2.30. The lowest BCUT2D eigenvalue weighted by molar-refractivity contribution is -0.136. The molecule has 122 valence electrons. The standard InChI is InChI=1S/C13H20N4O3S2/c1-2-9(10(18)19)21-13-17-16-12(22-13)15-11(20)14-8-6-4-3-5-7-8/h8-9H,2-7H2,1H3,(H,18,19)(H2,14,15,16,20). The number of amides is 2. The van der Waals surface area contributed by atoms with Crippen LogP contribution in [-0.4, -0.2) is 38.6 Å². The van der Waals surface area contributed by atoms with Crippen molar-refractivity contribution in [2.75, 3.05) is 5.32 Å². The normalized spacial score (nSPS) is 17.0. The van der Waals surface area contributed by atoms with Gasteiger partial charge in [-0.2, -0.15) is 0 Å². The van der Waals surface area contributed by atoms with Gasteiger partial charge in [-0.25, -0.2) is 4.79 Å². The van der Waals surface area contributed by atoms with Crippen molar-refractivity contribution >= 4 is 40.2 Å². The zero-order chi connectivity index (χ0) is 15.9. The number of anilines is 1. The predicted octanol–water partition coefficient (Wildman–Crippen LogP) is 2.95. The van der Waals surface area contributed by atoms with Crippen molar-refractivity contribution in [3.05, 3.63) is 0 Å². The number of hydrogen-bond acceptors (Lipinski definition) is 6. The largest absolute Gasteiger partial charge is 0.480 e. The summed E-state index contributed by atoms with van der Waals surface area (Å²) >= 11 is 2.34. The van der Waals surface area contributed by atoms with E-state index in [0.717, 1.165) is 37.4 Å². The lowest BCUT2D eigenvalue weighted by Gasteiger charge is -2.22. The van der Waals surface area contributed by atoms with Gasteiger partial charge in [0.05, 0.1) is 0 Å². The minimum atomic E-state index is -0.868. The van der Waals surface area contributed by atoms with Gasteiger partial charge in [-0.3, -0.25) is 10.1 Å². The van der Waals surface area contributed by atoms with Gasteiger partial charge in [-0.1, -0.05) is 49.3 Å². The molecule has 0 aliphatic heterocycles. The highest BCUT2D eigenvalue weighted by Gasteiger charge is 2.20. The molecule has 0 saturated heterocycles. The summed E-state index contributed by atoms with van der Waals surface area (Å²) in [7, 11) is 0. The van der Waals surface area contributed by atoms with E-state index in [1.165, 1.54) is 17.8 Å². The van der Waals surface area contributed by atoms with Crippen LogP contribution in [0, 0.1) is 0 Å². The number of urea groups is 1. The van der Waals surface area contributed by atoms with Crippen molar-refractivity contribution in [3.63, 3.8) is 0 Å². The first kappa shape index (κ1) is 17.0. The maximum atomic E-state index is 11.9. The summed E-state index contributed by atoms with van der Waals surface area (Å²) in [6.07, 6.45) is 6.07. The average Bonchev–Trinajstić information content (AvgIpc) is 2.92. The second-order valence-electron chi connectivity index (χ2n) is 5.16. The maximum Gasteiger partial charge on any atom is 0.321 e. The van der Waals surface area contributed by atoms with Crippen LogP contribution in [0.4, 0.5) is 9.93 Å². The average molecular weight is 344 g/mol. The summed E-state index contributed by atoms with van der Waals surface area (Å²) in [5, 5.41) is 22.3. The number of carbonyl (C=O) groups excluding carboxylic acids is 1. The smallest absolute Gasteiger partial charge is 0.321 e. The first-order valence-electron chi connectivity index (χ1n) is 7.39. The molecule has 1 saturated carbocycles. The van der Waals surface area contributed by atoms with Gasteiger partial charge in [0.25, 0.3) is 0 Å². The van der Waals surface area contributed by atoms with Gasteiger partial charge in [-0.15, -0.1) is 10.2 Å². The van der Waals surface area contributed by atoms with E-state index in [1.54, 1.807) is 0 Å². The first-order chi connectivity index (χ1) is 10.6. The minimum Gasteiger partial charge on any atom is -0.480 e. The van der Waals surface area contributed by atoms with Crippen molar-refractivity contribution in [2.45, 2.75) is 61.1 Å². The number of carboxylic acids is 1. The Morgan fingerprint density at radius 2 is 2.09 bits per heavy atom. The lowest BCUT2D eigenvalue weighted by Crippen LogP contribution is -2.38. The highest BCUT2D eigenvalue weighted by atomic mass is 32.2. The minimum absolute atomic E-state index is 0.229. The Morgan fingerprint density at radius 3 is 2.73 bits per heavy atom. The predicted molar refractivity (Wildman–Crippen MR) is 86.5 cm³/mol. The summed E-state index contributed by atoms with van der Waals surface area (Å²) in [5.74, 6) is -0.868. The molecule has 7 nitrogen and oxygen atoms in total. The molecule has 2 rings (SSSR count). The molecule has 1 atom stereocenters. The van der Waals surface area contributed by atoms with Crippen LogP contribution in [0.2, 0.25) is 0 Å². The van der Waals surface area contributed by atoms with E-state index >= 15 is 0 Å². The van der Waals surface area contributed by atoms with Gasteiger partial charge in [0.1, 0.15) is 5.25 Å². The van der Waals surface area contributed by atoms with Gasteiger partial charge < -0.3 is 10.4 Å². The Morgan fingerprint density at radius 1 is 1.36 bits per heavy atom. The van der Waals surface area contributed by atoms with Gasteiger partial charge in [0.2, 0.25) is 5.13 Å². The van der Waals surface area contributed by atoms with Crippen LogP contribution in [-0.2, 0) is 4.79 Å². The quantitative estimate of drug-likeness (QED) is 0.541. The molecule has 0 radical (unpaired) electrons. The number of nitrogens with zero attached hydrogens (tertiary/aromatic N) is 2. The lowest BCUT2D eigenvalue weighted by atomic mass is 9.96. The topological polar surface area (TPSA) is 104 Å². The van der Waals surface area contributed by atoms with Crippen LogP contribution in [0.1, 0.15) is 45.4 Å². The number of carboxylic acid groups (broad SMARTS) is 1. The van der Waals surface area contributed by atoms with Crippen molar-refractivity contribution in [1.29, 1.82) is 0 Å². The van der Waals surface area contributed by atoms with Gasteiger partial charge in [0, 0.05) is 6.04 Å². The SMILES string of the molecule is CCC(Sc1nnc(NC(=O)NC2CCCCC2)s1)C(=O)O. The maximum absolute atomic E-state index is 11.9. The molecular formula is C13H20N4O3S2.